The molecule has 0 radical (unpaired) electrons. The van der Waals surface area contributed by atoms with Gasteiger partial charge in [0.15, 0.2) is 0 Å². The molecule has 1 heterocycles. The summed E-state index contributed by atoms with van der Waals surface area (Å²) < 4.78 is 6.63. The average Bonchev–Trinajstić information content (AvgIpc) is 3.01. The SMILES string of the molecule is CCCc1nnc(NC(=O)CCCOc2cc(C)c(Cl)c(C)c2Br)s1. The minimum absolute atomic E-state index is 0.0784. The molecule has 0 spiro atoms. The Kier molecular flexibility index (Phi) is 7.65. The fourth-order valence-corrected chi connectivity index (χ4v) is 3.77. The summed E-state index contributed by atoms with van der Waals surface area (Å²) in [4.78, 5) is 12.0. The van der Waals surface area contributed by atoms with Crippen LogP contribution in [0, 0.1) is 13.8 Å². The number of hydrogen-bond donors (Lipinski definition) is 1. The van der Waals surface area contributed by atoms with Gasteiger partial charge in [0.05, 0.1) is 11.1 Å². The van der Waals surface area contributed by atoms with Crippen molar-refractivity contribution in [3.63, 3.8) is 0 Å². The lowest BCUT2D eigenvalue weighted by atomic mass is 10.1. The number of benzene rings is 1. The normalized spacial score (nSPS) is 10.8. The van der Waals surface area contributed by atoms with Gasteiger partial charge in [-0.15, -0.1) is 10.2 Å². The van der Waals surface area contributed by atoms with Gasteiger partial charge in [-0.3, -0.25) is 4.79 Å². The summed E-state index contributed by atoms with van der Waals surface area (Å²) in [7, 11) is 0. The number of ether oxygens (including phenoxy) is 1. The molecular weight excluding hydrogens is 426 g/mol. The summed E-state index contributed by atoms with van der Waals surface area (Å²) in [6.07, 6.45) is 2.88. The maximum atomic E-state index is 12.0. The van der Waals surface area contributed by atoms with E-state index in [1.807, 2.05) is 19.9 Å². The molecule has 1 aromatic carbocycles. The summed E-state index contributed by atoms with van der Waals surface area (Å²) in [5.41, 5.74) is 1.92. The largest absolute Gasteiger partial charge is 0.492 e. The molecule has 5 nitrogen and oxygen atoms in total. The predicted octanol–water partition coefficient (Wildman–Crippen LogP) is 5.32. The first kappa shape index (κ1) is 20.1. The summed E-state index contributed by atoms with van der Waals surface area (Å²) >= 11 is 11.1. The van der Waals surface area contributed by atoms with Crippen LogP contribution in [0.4, 0.5) is 5.13 Å². The van der Waals surface area contributed by atoms with E-state index >= 15 is 0 Å². The third kappa shape index (κ3) is 5.66. The van der Waals surface area contributed by atoms with Crippen LogP contribution in [0.3, 0.4) is 0 Å². The lowest BCUT2D eigenvalue weighted by Crippen LogP contribution is -2.12. The minimum Gasteiger partial charge on any atom is -0.492 e. The number of nitrogens with one attached hydrogen (secondary N) is 1. The van der Waals surface area contributed by atoms with Crippen molar-refractivity contribution in [2.45, 2.75) is 46.5 Å². The second kappa shape index (κ2) is 9.50. The Hall–Kier alpha value is -1.18. The summed E-state index contributed by atoms with van der Waals surface area (Å²) in [6.45, 7) is 6.41. The highest BCUT2D eigenvalue weighted by molar-refractivity contribution is 9.10. The molecular formula is C17H21BrClN3O2S. The molecule has 0 aliphatic rings. The Morgan fingerprint density at radius 3 is 2.88 bits per heavy atom. The van der Waals surface area contributed by atoms with Crippen molar-refractivity contribution in [3.8, 4) is 5.75 Å². The highest BCUT2D eigenvalue weighted by Gasteiger charge is 2.12. The van der Waals surface area contributed by atoms with E-state index < -0.39 is 0 Å². The van der Waals surface area contributed by atoms with Crippen LogP contribution in [0.1, 0.15) is 42.3 Å². The van der Waals surface area contributed by atoms with E-state index in [4.69, 9.17) is 16.3 Å². The zero-order chi connectivity index (χ0) is 18.4. The fraction of sp³-hybridized carbons (Fsp3) is 0.471. The maximum Gasteiger partial charge on any atom is 0.226 e. The Morgan fingerprint density at radius 1 is 1.40 bits per heavy atom. The van der Waals surface area contributed by atoms with Gasteiger partial charge in [0, 0.05) is 17.9 Å². The Morgan fingerprint density at radius 2 is 2.16 bits per heavy atom. The van der Waals surface area contributed by atoms with Crippen LogP contribution in [0.5, 0.6) is 5.75 Å². The molecule has 25 heavy (non-hydrogen) atoms. The molecule has 2 aromatic rings. The first-order chi connectivity index (χ1) is 11.9. The van der Waals surface area contributed by atoms with Crippen LogP contribution in [0.15, 0.2) is 10.5 Å². The molecule has 0 atom stereocenters. The molecule has 136 valence electrons. The van der Waals surface area contributed by atoms with Crippen molar-refractivity contribution in [2.24, 2.45) is 0 Å². The van der Waals surface area contributed by atoms with Crippen LogP contribution >= 0.6 is 38.9 Å². The van der Waals surface area contributed by atoms with Gasteiger partial charge < -0.3 is 10.1 Å². The Bertz CT molecular complexity index is 752. The summed E-state index contributed by atoms with van der Waals surface area (Å²) in [5.74, 6) is 0.665. The first-order valence-electron chi connectivity index (χ1n) is 8.12. The highest BCUT2D eigenvalue weighted by atomic mass is 79.9. The van der Waals surface area contributed by atoms with E-state index in [1.54, 1.807) is 0 Å². The van der Waals surface area contributed by atoms with Gasteiger partial charge in [-0.1, -0.05) is 29.9 Å². The molecule has 1 aromatic heterocycles. The van der Waals surface area contributed by atoms with Crippen molar-refractivity contribution in [3.05, 3.63) is 31.7 Å². The number of anilines is 1. The number of carbonyl (C=O) groups excluding carboxylic acids is 1. The molecule has 0 unspecified atom stereocenters. The van der Waals surface area contributed by atoms with Crippen molar-refractivity contribution in [2.75, 3.05) is 11.9 Å². The molecule has 1 amide bonds. The van der Waals surface area contributed by atoms with E-state index in [1.165, 1.54) is 11.3 Å². The van der Waals surface area contributed by atoms with Crippen molar-refractivity contribution in [1.82, 2.24) is 10.2 Å². The number of carbonyl (C=O) groups is 1. The van der Waals surface area contributed by atoms with E-state index in [9.17, 15) is 4.79 Å². The van der Waals surface area contributed by atoms with Gasteiger partial charge in [-0.25, -0.2) is 0 Å². The molecule has 0 saturated carbocycles. The molecule has 0 bridgehead atoms. The maximum absolute atomic E-state index is 12.0. The standard InChI is InChI=1S/C17H21BrClN3O2S/c1-4-6-14-21-22-17(25-14)20-13(23)7-5-8-24-12-9-10(2)16(19)11(3)15(12)18/h9H,4-8H2,1-3H3,(H,20,22,23). The van der Waals surface area contributed by atoms with Crippen LogP contribution < -0.4 is 10.1 Å². The Balaban J connectivity index is 1.78. The van der Waals surface area contributed by atoms with Crippen molar-refractivity contribution in [1.29, 1.82) is 0 Å². The van der Waals surface area contributed by atoms with Crippen LogP contribution in [0.2, 0.25) is 5.02 Å². The van der Waals surface area contributed by atoms with E-state index in [2.05, 4.69) is 38.4 Å². The van der Waals surface area contributed by atoms with E-state index in [-0.39, 0.29) is 5.91 Å². The molecule has 0 saturated heterocycles. The van der Waals surface area contributed by atoms with Gasteiger partial charge in [0.25, 0.3) is 0 Å². The second-order valence-corrected chi connectivity index (χ2v) is 7.93. The molecule has 2 rings (SSSR count). The zero-order valence-corrected chi connectivity index (χ0v) is 17.6. The first-order valence-corrected chi connectivity index (χ1v) is 10.1. The second-order valence-electron chi connectivity index (χ2n) is 5.70. The third-order valence-corrected chi connectivity index (χ3v) is 6.02. The number of aromatic nitrogens is 2. The van der Waals surface area contributed by atoms with Crippen molar-refractivity contribution >= 4 is 49.9 Å². The topological polar surface area (TPSA) is 64.1 Å². The highest BCUT2D eigenvalue weighted by Crippen LogP contribution is 2.35. The molecule has 0 fully saturated rings. The van der Waals surface area contributed by atoms with Gasteiger partial charge >= 0.3 is 0 Å². The molecule has 8 heteroatoms. The monoisotopic (exact) mass is 445 g/mol. The minimum atomic E-state index is -0.0784. The number of hydrogen-bond acceptors (Lipinski definition) is 5. The number of aryl methyl sites for hydroxylation is 2. The number of nitrogens with zero attached hydrogens (tertiary/aromatic N) is 2. The zero-order valence-electron chi connectivity index (χ0n) is 14.5. The molecule has 1 N–H and O–H groups in total. The number of rotatable bonds is 8. The summed E-state index contributed by atoms with van der Waals surface area (Å²) in [6, 6.07) is 1.90. The number of amides is 1. The average molecular weight is 447 g/mol. The lowest BCUT2D eigenvalue weighted by molar-refractivity contribution is -0.116. The predicted molar refractivity (Wildman–Crippen MR) is 106 cm³/mol. The van der Waals surface area contributed by atoms with Gasteiger partial charge in [-0.05, 0) is 59.8 Å². The molecule has 0 aliphatic heterocycles. The number of halogens is 2. The van der Waals surface area contributed by atoms with E-state index in [0.717, 1.165) is 44.2 Å². The lowest BCUT2D eigenvalue weighted by Gasteiger charge is -2.13. The Labute approximate surface area is 165 Å². The molecule has 0 aliphatic carbocycles. The van der Waals surface area contributed by atoms with Gasteiger partial charge in [0.2, 0.25) is 11.0 Å². The van der Waals surface area contributed by atoms with E-state index in [0.29, 0.717) is 24.6 Å². The van der Waals surface area contributed by atoms with Crippen molar-refractivity contribution < 1.29 is 9.53 Å². The summed E-state index contributed by atoms with van der Waals surface area (Å²) in [5, 5.41) is 13.0. The van der Waals surface area contributed by atoms with Gasteiger partial charge in [-0.2, -0.15) is 0 Å². The smallest absolute Gasteiger partial charge is 0.226 e. The van der Waals surface area contributed by atoms with Crippen LogP contribution in [-0.2, 0) is 11.2 Å². The van der Waals surface area contributed by atoms with Crippen LogP contribution in [-0.4, -0.2) is 22.7 Å². The third-order valence-electron chi connectivity index (χ3n) is 3.55. The fourth-order valence-electron chi connectivity index (χ4n) is 2.22. The van der Waals surface area contributed by atoms with Crippen LogP contribution in [0.25, 0.3) is 0 Å². The quantitative estimate of drug-likeness (QED) is 0.557. The van der Waals surface area contributed by atoms with Gasteiger partial charge in [0.1, 0.15) is 10.8 Å².